The summed E-state index contributed by atoms with van der Waals surface area (Å²) in [6.45, 7) is 0.100. The molecule has 0 fully saturated rings. The van der Waals surface area contributed by atoms with Gasteiger partial charge in [0.1, 0.15) is 0 Å². The minimum atomic E-state index is -3.67. The highest BCUT2D eigenvalue weighted by Crippen LogP contribution is 2.26. The summed E-state index contributed by atoms with van der Waals surface area (Å²) in [5.41, 5.74) is 5.96. The first kappa shape index (κ1) is 15.9. The lowest BCUT2D eigenvalue weighted by Crippen LogP contribution is -2.31. The average molecular weight is 350 g/mol. The number of nitrogen functional groups attached to an aromatic ring is 1. The third-order valence-corrected chi connectivity index (χ3v) is 5.43. The van der Waals surface area contributed by atoms with E-state index >= 15 is 0 Å². The number of anilines is 1. The monoisotopic (exact) mass is 349 g/mol. The number of rotatable bonds is 5. The number of halogens is 1. The van der Waals surface area contributed by atoms with Crippen LogP contribution >= 0.6 is 15.9 Å². The van der Waals surface area contributed by atoms with Crippen LogP contribution < -0.4 is 11.1 Å². The summed E-state index contributed by atoms with van der Waals surface area (Å²) in [4.78, 5) is 11.2. The summed E-state index contributed by atoms with van der Waals surface area (Å²) in [5.74, 6) is -0.214. The second kappa shape index (κ2) is 6.36. The summed E-state index contributed by atoms with van der Waals surface area (Å²) >= 11 is 3.19. The molecule has 0 saturated heterocycles. The molecule has 6 nitrogen and oxygen atoms in total. The van der Waals surface area contributed by atoms with Gasteiger partial charge in [-0.3, -0.25) is 4.79 Å². The van der Waals surface area contributed by atoms with E-state index in [-0.39, 0.29) is 23.8 Å². The van der Waals surface area contributed by atoms with Gasteiger partial charge in [0.2, 0.25) is 15.9 Å². The van der Waals surface area contributed by atoms with Gasteiger partial charge in [-0.05, 0) is 34.1 Å². The number of carbonyl (C=O) groups is 1. The van der Waals surface area contributed by atoms with E-state index in [4.69, 9.17) is 5.73 Å². The molecule has 3 N–H and O–H groups in total. The summed E-state index contributed by atoms with van der Waals surface area (Å²) in [7, 11) is -0.740. The summed E-state index contributed by atoms with van der Waals surface area (Å²) in [6.07, 6.45) is 0.103. The molecule has 0 unspecified atom stereocenters. The van der Waals surface area contributed by atoms with Gasteiger partial charge in [-0.15, -0.1) is 0 Å². The molecule has 1 rings (SSSR count). The summed E-state index contributed by atoms with van der Waals surface area (Å²) in [5, 5.41) is 2.44. The number of hydrogen-bond donors (Lipinski definition) is 2. The maximum absolute atomic E-state index is 12.3. The molecule has 0 radical (unpaired) electrons. The molecular formula is C11H16BrN3O3S. The number of nitrogens with one attached hydrogen (secondary N) is 1. The minimum absolute atomic E-state index is 0.0897. The standard InChI is InChI=1S/C11H16BrN3O3S/c1-14-11(16)5-6-15(2)19(17,18)10-7-8(13)3-4-9(10)12/h3-4,7H,5-6,13H2,1-2H3,(H,14,16). The van der Waals surface area contributed by atoms with Gasteiger partial charge < -0.3 is 11.1 Å². The van der Waals surface area contributed by atoms with Crippen LogP contribution in [0.5, 0.6) is 0 Å². The highest BCUT2D eigenvalue weighted by Gasteiger charge is 2.23. The van der Waals surface area contributed by atoms with Crippen LogP contribution in [0.4, 0.5) is 5.69 Å². The zero-order chi connectivity index (χ0) is 14.6. The van der Waals surface area contributed by atoms with Gasteiger partial charge in [0, 0.05) is 37.2 Å². The zero-order valence-corrected chi connectivity index (χ0v) is 13.1. The molecule has 1 aromatic rings. The van der Waals surface area contributed by atoms with Crippen molar-refractivity contribution in [3.8, 4) is 0 Å². The quantitative estimate of drug-likeness (QED) is 0.768. The number of amides is 1. The van der Waals surface area contributed by atoms with E-state index in [1.54, 1.807) is 12.1 Å². The second-order valence-corrected chi connectivity index (χ2v) is 6.81. The van der Waals surface area contributed by atoms with Crippen LogP contribution in [0, 0.1) is 0 Å². The van der Waals surface area contributed by atoms with Crippen LogP contribution in [-0.2, 0) is 14.8 Å². The Morgan fingerprint density at radius 1 is 1.47 bits per heavy atom. The summed E-state index contributed by atoms with van der Waals surface area (Å²) in [6, 6.07) is 4.57. The van der Waals surface area contributed by atoms with Crippen molar-refractivity contribution in [1.29, 1.82) is 0 Å². The highest BCUT2D eigenvalue weighted by atomic mass is 79.9. The fraction of sp³-hybridized carbons (Fsp3) is 0.364. The number of nitrogens with zero attached hydrogens (tertiary/aromatic N) is 1. The van der Waals surface area contributed by atoms with Gasteiger partial charge in [0.15, 0.2) is 0 Å². The smallest absolute Gasteiger partial charge is 0.244 e. The Balaban J connectivity index is 2.97. The Hall–Kier alpha value is -1.12. The van der Waals surface area contributed by atoms with Crippen LogP contribution in [-0.4, -0.2) is 39.3 Å². The molecule has 1 aromatic carbocycles. The van der Waals surface area contributed by atoms with Crippen LogP contribution in [0.25, 0.3) is 0 Å². The molecular weight excluding hydrogens is 334 g/mol. The predicted octanol–water partition coefficient (Wildman–Crippen LogP) is 0.788. The van der Waals surface area contributed by atoms with Crippen LogP contribution in [0.1, 0.15) is 6.42 Å². The lowest BCUT2D eigenvalue weighted by Gasteiger charge is -2.18. The van der Waals surface area contributed by atoms with Crippen molar-refractivity contribution in [3.05, 3.63) is 22.7 Å². The molecule has 0 aliphatic heterocycles. The van der Waals surface area contributed by atoms with Crippen molar-refractivity contribution in [2.45, 2.75) is 11.3 Å². The third kappa shape index (κ3) is 3.92. The number of nitrogens with two attached hydrogens (primary N) is 1. The molecule has 1 amide bonds. The molecule has 0 heterocycles. The molecule has 0 aromatic heterocycles. The largest absolute Gasteiger partial charge is 0.399 e. The lowest BCUT2D eigenvalue weighted by molar-refractivity contribution is -0.120. The molecule has 0 aliphatic rings. The number of hydrogen-bond acceptors (Lipinski definition) is 4. The van der Waals surface area contributed by atoms with Crippen LogP contribution in [0.15, 0.2) is 27.6 Å². The minimum Gasteiger partial charge on any atom is -0.399 e. The first-order valence-corrected chi connectivity index (χ1v) is 7.74. The molecule has 19 heavy (non-hydrogen) atoms. The van der Waals surface area contributed by atoms with Crippen molar-refractivity contribution in [2.24, 2.45) is 0 Å². The third-order valence-electron chi connectivity index (χ3n) is 2.58. The Morgan fingerprint density at radius 3 is 2.68 bits per heavy atom. The summed E-state index contributed by atoms with van der Waals surface area (Å²) < 4.78 is 26.2. The number of benzene rings is 1. The SMILES string of the molecule is CNC(=O)CCN(C)S(=O)(=O)c1cc(N)ccc1Br. The first-order chi connectivity index (χ1) is 8.78. The van der Waals surface area contributed by atoms with Gasteiger partial charge in [-0.25, -0.2) is 12.7 Å². The zero-order valence-electron chi connectivity index (χ0n) is 10.7. The molecule has 106 valence electrons. The van der Waals surface area contributed by atoms with Crippen molar-refractivity contribution >= 4 is 37.5 Å². The highest BCUT2D eigenvalue weighted by molar-refractivity contribution is 9.10. The lowest BCUT2D eigenvalue weighted by atomic mass is 10.3. The fourth-order valence-electron chi connectivity index (χ4n) is 1.39. The van der Waals surface area contributed by atoms with Crippen LogP contribution in [0.2, 0.25) is 0 Å². The number of sulfonamides is 1. The van der Waals surface area contributed by atoms with Crippen molar-refractivity contribution < 1.29 is 13.2 Å². The van der Waals surface area contributed by atoms with Crippen molar-refractivity contribution in [3.63, 3.8) is 0 Å². The van der Waals surface area contributed by atoms with Gasteiger partial charge >= 0.3 is 0 Å². The molecule has 0 atom stereocenters. The van der Waals surface area contributed by atoms with Gasteiger partial charge in [-0.1, -0.05) is 0 Å². The van der Waals surface area contributed by atoms with Crippen LogP contribution in [0.3, 0.4) is 0 Å². The van der Waals surface area contributed by atoms with E-state index in [2.05, 4.69) is 21.2 Å². The van der Waals surface area contributed by atoms with E-state index in [1.807, 2.05) is 0 Å². The Labute approximate surface area is 121 Å². The van der Waals surface area contributed by atoms with Crippen molar-refractivity contribution in [2.75, 3.05) is 26.4 Å². The molecule has 0 saturated carbocycles. The van der Waals surface area contributed by atoms with E-state index in [1.165, 1.54) is 20.2 Å². The van der Waals surface area contributed by atoms with Gasteiger partial charge in [0.05, 0.1) is 4.90 Å². The maximum atomic E-state index is 12.3. The Bertz CT molecular complexity index is 575. The number of carbonyl (C=O) groups excluding carboxylic acids is 1. The first-order valence-electron chi connectivity index (χ1n) is 5.51. The Kier molecular flexibility index (Phi) is 5.33. The second-order valence-electron chi connectivity index (χ2n) is 3.94. The fourth-order valence-corrected chi connectivity index (χ4v) is 3.52. The topological polar surface area (TPSA) is 92.5 Å². The van der Waals surface area contributed by atoms with E-state index in [9.17, 15) is 13.2 Å². The molecule has 0 spiro atoms. The molecule has 8 heteroatoms. The predicted molar refractivity (Wildman–Crippen MR) is 77.1 cm³/mol. The van der Waals surface area contributed by atoms with E-state index in [0.29, 0.717) is 10.2 Å². The molecule has 0 aliphatic carbocycles. The Morgan fingerprint density at radius 2 is 2.11 bits per heavy atom. The average Bonchev–Trinajstić information content (AvgIpc) is 2.37. The van der Waals surface area contributed by atoms with Crippen molar-refractivity contribution in [1.82, 2.24) is 9.62 Å². The van der Waals surface area contributed by atoms with E-state index < -0.39 is 10.0 Å². The van der Waals surface area contributed by atoms with E-state index in [0.717, 1.165) is 4.31 Å². The van der Waals surface area contributed by atoms with Gasteiger partial charge in [0.25, 0.3) is 0 Å². The maximum Gasteiger partial charge on any atom is 0.244 e. The van der Waals surface area contributed by atoms with Gasteiger partial charge in [-0.2, -0.15) is 0 Å². The molecule has 0 bridgehead atoms. The normalized spacial score (nSPS) is 11.6.